The van der Waals surface area contributed by atoms with Gasteiger partial charge < -0.3 is 4.90 Å². The summed E-state index contributed by atoms with van der Waals surface area (Å²) in [7, 11) is -1.74. The van der Waals surface area contributed by atoms with Crippen molar-refractivity contribution in [2.75, 3.05) is 33.2 Å². The summed E-state index contributed by atoms with van der Waals surface area (Å²) in [5.41, 5.74) is 1.12. The third-order valence-electron chi connectivity index (χ3n) is 5.82. The molecule has 0 bridgehead atoms. The van der Waals surface area contributed by atoms with Gasteiger partial charge >= 0.3 is 0 Å². The lowest BCUT2D eigenvalue weighted by Crippen LogP contribution is -2.53. The van der Waals surface area contributed by atoms with Crippen LogP contribution in [0.3, 0.4) is 0 Å². The van der Waals surface area contributed by atoms with E-state index in [4.69, 9.17) is 0 Å². The summed E-state index contributed by atoms with van der Waals surface area (Å²) in [4.78, 5) is 18.3. The molecule has 1 spiro atoms. The molecule has 144 valence electrons. The average Bonchev–Trinajstić information content (AvgIpc) is 2.65. The summed E-state index contributed by atoms with van der Waals surface area (Å²) in [6.45, 7) is 4.69. The number of piperidine rings is 2. The Morgan fingerprint density at radius 3 is 2.46 bits per heavy atom. The van der Waals surface area contributed by atoms with Crippen LogP contribution in [0.1, 0.15) is 38.2 Å². The molecule has 0 radical (unpaired) electrons. The number of amides is 1. The first kappa shape index (κ1) is 19.3. The molecule has 2 fully saturated rings. The predicted octanol–water partition coefficient (Wildman–Crippen LogP) is 1.48. The minimum Gasteiger partial charge on any atom is -0.338 e. The van der Waals surface area contributed by atoms with Crippen LogP contribution in [0.5, 0.6) is 0 Å². The molecule has 1 aromatic heterocycles. The maximum absolute atomic E-state index is 12.5. The van der Waals surface area contributed by atoms with Crippen LogP contribution in [0.4, 0.5) is 0 Å². The fourth-order valence-electron chi connectivity index (χ4n) is 3.91. The minimum atomic E-state index is -3.36. The lowest BCUT2D eigenvalue weighted by Gasteiger charge is -2.47. The van der Waals surface area contributed by atoms with E-state index in [0.29, 0.717) is 39.1 Å². The number of carbonyl (C=O) groups is 1. The third-order valence-corrected chi connectivity index (χ3v) is 7.88. The zero-order chi connectivity index (χ0) is 18.8. The zero-order valence-electron chi connectivity index (χ0n) is 15.6. The van der Waals surface area contributed by atoms with Crippen molar-refractivity contribution in [3.8, 4) is 0 Å². The number of rotatable bonds is 5. The van der Waals surface area contributed by atoms with E-state index in [9.17, 15) is 13.2 Å². The first-order valence-corrected chi connectivity index (χ1v) is 10.6. The molecule has 0 aromatic carbocycles. The van der Waals surface area contributed by atoms with Gasteiger partial charge in [0, 0.05) is 58.6 Å². The van der Waals surface area contributed by atoms with Gasteiger partial charge in [-0.05, 0) is 42.4 Å². The molecule has 0 saturated carbocycles. The molecule has 3 heterocycles. The maximum atomic E-state index is 12.5. The van der Waals surface area contributed by atoms with E-state index in [1.165, 1.54) is 4.31 Å². The fourth-order valence-corrected chi connectivity index (χ4v) is 5.28. The second kappa shape index (κ2) is 7.62. The maximum Gasteiger partial charge on any atom is 0.281 e. The van der Waals surface area contributed by atoms with Gasteiger partial charge in [0.2, 0.25) is 5.91 Å². The number of hydrogen-bond donors (Lipinski definition) is 0. The molecule has 8 heteroatoms. The van der Waals surface area contributed by atoms with E-state index < -0.39 is 10.2 Å². The van der Waals surface area contributed by atoms with Gasteiger partial charge in [-0.15, -0.1) is 0 Å². The normalized spacial score (nSPS) is 21.5. The number of nitrogens with zero attached hydrogens (tertiary/aromatic N) is 4. The third kappa shape index (κ3) is 3.92. The van der Waals surface area contributed by atoms with Crippen LogP contribution in [0.2, 0.25) is 0 Å². The summed E-state index contributed by atoms with van der Waals surface area (Å²) in [5.74, 6) is 0.188. The standard InChI is InChI=1S/C18H28N4O3S/c1-3-20(2)26(24,25)22-12-8-18(9-13-22)7-4-17(23)21(15-18)14-16-5-10-19-11-6-16/h5-6,10-11H,3-4,7-9,12-15H2,1-2H3. The molecule has 1 amide bonds. The van der Waals surface area contributed by atoms with Gasteiger partial charge in [0.25, 0.3) is 10.2 Å². The molecule has 7 nitrogen and oxygen atoms in total. The van der Waals surface area contributed by atoms with E-state index >= 15 is 0 Å². The van der Waals surface area contributed by atoms with Crippen LogP contribution >= 0.6 is 0 Å². The molecule has 0 unspecified atom stereocenters. The lowest BCUT2D eigenvalue weighted by molar-refractivity contribution is -0.139. The lowest BCUT2D eigenvalue weighted by atomic mass is 9.72. The Morgan fingerprint density at radius 2 is 1.85 bits per heavy atom. The number of hydrogen-bond acceptors (Lipinski definition) is 4. The SMILES string of the molecule is CCN(C)S(=O)(=O)N1CCC2(CCC(=O)N(Cc3ccncc3)C2)CC1. The van der Waals surface area contributed by atoms with Crippen molar-refractivity contribution in [2.24, 2.45) is 5.41 Å². The zero-order valence-corrected chi connectivity index (χ0v) is 16.4. The van der Waals surface area contributed by atoms with Gasteiger partial charge in [-0.1, -0.05) is 6.92 Å². The number of carbonyl (C=O) groups excluding carboxylic acids is 1. The molecule has 2 aliphatic rings. The average molecular weight is 381 g/mol. The van der Waals surface area contributed by atoms with Gasteiger partial charge in [0.05, 0.1) is 0 Å². The quantitative estimate of drug-likeness (QED) is 0.776. The number of likely N-dealkylation sites (tertiary alicyclic amines) is 1. The highest BCUT2D eigenvalue weighted by atomic mass is 32.2. The molecule has 3 rings (SSSR count). The van der Waals surface area contributed by atoms with Gasteiger partial charge in [-0.3, -0.25) is 9.78 Å². The smallest absolute Gasteiger partial charge is 0.281 e. The second-order valence-electron chi connectivity index (χ2n) is 7.43. The van der Waals surface area contributed by atoms with E-state index in [0.717, 1.165) is 24.8 Å². The Morgan fingerprint density at radius 1 is 1.19 bits per heavy atom. The van der Waals surface area contributed by atoms with Crippen LogP contribution < -0.4 is 0 Å². The fraction of sp³-hybridized carbons (Fsp3) is 0.667. The molecule has 0 N–H and O–H groups in total. The Hall–Kier alpha value is -1.51. The highest BCUT2D eigenvalue weighted by Crippen LogP contribution is 2.41. The van der Waals surface area contributed by atoms with Crippen LogP contribution in [0, 0.1) is 5.41 Å². The Labute approximate surface area is 156 Å². The first-order chi connectivity index (χ1) is 12.4. The van der Waals surface area contributed by atoms with Crippen molar-refractivity contribution >= 4 is 16.1 Å². The van der Waals surface area contributed by atoms with E-state index in [1.807, 2.05) is 24.0 Å². The summed E-state index contributed by atoms with van der Waals surface area (Å²) in [6, 6.07) is 3.87. The topological polar surface area (TPSA) is 73.8 Å². The van der Waals surface area contributed by atoms with Crippen molar-refractivity contribution in [3.63, 3.8) is 0 Å². The largest absolute Gasteiger partial charge is 0.338 e. The van der Waals surface area contributed by atoms with Crippen molar-refractivity contribution < 1.29 is 13.2 Å². The molecule has 1 aromatic rings. The van der Waals surface area contributed by atoms with Crippen molar-refractivity contribution in [1.82, 2.24) is 18.5 Å². The summed E-state index contributed by atoms with van der Waals surface area (Å²) < 4.78 is 28.0. The highest BCUT2D eigenvalue weighted by molar-refractivity contribution is 7.86. The van der Waals surface area contributed by atoms with Crippen molar-refractivity contribution in [2.45, 2.75) is 39.2 Å². The van der Waals surface area contributed by atoms with E-state index in [1.54, 1.807) is 23.7 Å². The Kier molecular flexibility index (Phi) is 5.64. The number of pyridine rings is 1. The van der Waals surface area contributed by atoms with E-state index in [2.05, 4.69) is 4.98 Å². The second-order valence-corrected chi connectivity index (χ2v) is 9.46. The number of aromatic nitrogens is 1. The summed E-state index contributed by atoms with van der Waals surface area (Å²) in [5, 5.41) is 0. The van der Waals surface area contributed by atoms with Crippen molar-refractivity contribution in [3.05, 3.63) is 30.1 Å². The van der Waals surface area contributed by atoms with Gasteiger partial charge in [0.1, 0.15) is 0 Å². The molecular weight excluding hydrogens is 352 g/mol. The Balaban J connectivity index is 1.65. The van der Waals surface area contributed by atoms with Gasteiger partial charge in [-0.2, -0.15) is 17.0 Å². The minimum absolute atomic E-state index is 0.0394. The van der Waals surface area contributed by atoms with Crippen LogP contribution in [0.25, 0.3) is 0 Å². The molecule has 0 atom stereocenters. The summed E-state index contributed by atoms with van der Waals surface area (Å²) >= 11 is 0. The van der Waals surface area contributed by atoms with Crippen LogP contribution in [-0.4, -0.2) is 66.0 Å². The molecule has 2 saturated heterocycles. The first-order valence-electron chi connectivity index (χ1n) is 9.24. The van der Waals surface area contributed by atoms with E-state index in [-0.39, 0.29) is 11.3 Å². The van der Waals surface area contributed by atoms with Crippen LogP contribution in [0.15, 0.2) is 24.5 Å². The van der Waals surface area contributed by atoms with Crippen LogP contribution in [-0.2, 0) is 21.5 Å². The highest BCUT2D eigenvalue weighted by Gasteiger charge is 2.43. The van der Waals surface area contributed by atoms with Gasteiger partial charge in [0.15, 0.2) is 0 Å². The summed E-state index contributed by atoms with van der Waals surface area (Å²) in [6.07, 6.45) is 6.51. The molecular formula is C18H28N4O3S. The molecule has 0 aliphatic carbocycles. The predicted molar refractivity (Wildman–Crippen MR) is 99.4 cm³/mol. The van der Waals surface area contributed by atoms with Crippen molar-refractivity contribution in [1.29, 1.82) is 0 Å². The molecule has 26 heavy (non-hydrogen) atoms. The van der Waals surface area contributed by atoms with Gasteiger partial charge in [-0.25, -0.2) is 0 Å². The monoisotopic (exact) mass is 380 g/mol. The Bertz CT molecular complexity index is 730. The molecule has 2 aliphatic heterocycles.